The van der Waals surface area contributed by atoms with Crippen LogP contribution in [-0.2, 0) is 10.0 Å². The topological polar surface area (TPSA) is 142 Å². The molecule has 2 heterocycles. The molecule has 1 saturated carbocycles. The highest BCUT2D eigenvalue weighted by atomic mass is 32.2. The van der Waals surface area contributed by atoms with Gasteiger partial charge in [-0.25, -0.2) is 18.1 Å². The molecule has 2 aromatic heterocycles. The third kappa shape index (κ3) is 7.50. The minimum Gasteiger partial charge on any atom is -0.393 e. The Morgan fingerprint density at radius 2 is 1.65 bits per heavy atom. The fourth-order valence-corrected chi connectivity index (χ4v) is 6.94. The van der Waals surface area contributed by atoms with Gasteiger partial charge in [0.1, 0.15) is 5.69 Å². The number of carbonyl (C=O) groups excluding carboxylic acids is 1. The lowest BCUT2D eigenvalue weighted by Gasteiger charge is -2.25. The zero-order valence-corrected chi connectivity index (χ0v) is 27.8. The van der Waals surface area contributed by atoms with E-state index in [0.717, 1.165) is 68.1 Å². The summed E-state index contributed by atoms with van der Waals surface area (Å²) in [6.45, 7) is 5.64. The van der Waals surface area contributed by atoms with Crippen LogP contribution in [0.5, 0.6) is 0 Å². The molecule has 0 radical (unpaired) electrons. The second-order valence-corrected chi connectivity index (χ2v) is 13.9. The number of anilines is 2. The number of benzene rings is 2. The van der Waals surface area contributed by atoms with E-state index in [-0.39, 0.29) is 22.9 Å². The summed E-state index contributed by atoms with van der Waals surface area (Å²) in [6.07, 6.45) is 9.65. The highest BCUT2D eigenvalue weighted by molar-refractivity contribution is 7.92. The van der Waals surface area contributed by atoms with Gasteiger partial charge in [-0.2, -0.15) is 10.1 Å². The molecule has 12 heteroatoms. The second-order valence-electron chi connectivity index (χ2n) is 12.0. The lowest BCUT2D eigenvalue weighted by molar-refractivity contribution is 0.0953. The number of fused-ring (bicyclic) bond motifs is 1. The van der Waals surface area contributed by atoms with Gasteiger partial charge in [-0.15, -0.1) is 0 Å². The van der Waals surface area contributed by atoms with Crippen molar-refractivity contribution in [2.45, 2.75) is 88.7 Å². The highest BCUT2D eigenvalue weighted by Gasteiger charge is 2.27. The van der Waals surface area contributed by atoms with Gasteiger partial charge in [0.05, 0.1) is 28.1 Å². The highest BCUT2D eigenvalue weighted by Crippen LogP contribution is 2.35. The predicted molar refractivity (Wildman–Crippen MR) is 182 cm³/mol. The van der Waals surface area contributed by atoms with Crippen molar-refractivity contribution in [2.24, 2.45) is 0 Å². The maximum Gasteiger partial charge on any atom is 0.264 e. The summed E-state index contributed by atoms with van der Waals surface area (Å²) in [5, 5.41) is 22.1. The summed E-state index contributed by atoms with van der Waals surface area (Å²) < 4.78 is 30.3. The SMILES string of the molecule is CCCCCNC(=O)c1ccc(N(C)S(=O)(=O)c2ccc(-c3nn([C@H]4CC[C@@H](O)CC4)c4nc(NCCCC)ncc34)cc2)cc1. The average Bonchev–Trinajstić information content (AvgIpc) is 3.45. The second kappa shape index (κ2) is 15.0. The van der Waals surface area contributed by atoms with Crippen molar-refractivity contribution in [1.29, 1.82) is 0 Å². The van der Waals surface area contributed by atoms with E-state index in [1.165, 1.54) is 11.4 Å². The number of amides is 1. The van der Waals surface area contributed by atoms with Gasteiger partial charge < -0.3 is 15.7 Å². The summed E-state index contributed by atoms with van der Waals surface area (Å²) in [5.41, 5.74) is 3.10. The number of sulfonamides is 1. The Morgan fingerprint density at radius 1 is 0.957 bits per heavy atom. The van der Waals surface area contributed by atoms with Crippen molar-refractivity contribution in [1.82, 2.24) is 25.1 Å². The van der Waals surface area contributed by atoms with Gasteiger partial charge in [-0.3, -0.25) is 9.10 Å². The molecule has 4 aromatic rings. The molecular weight excluding hydrogens is 602 g/mol. The van der Waals surface area contributed by atoms with Crippen LogP contribution in [0, 0.1) is 0 Å². The van der Waals surface area contributed by atoms with Crippen molar-refractivity contribution < 1.29 is 18.3 Å². The lowest BCUT2D eigenvalue weighted by Crippen LogP contribution is -2.27. The van der Waals surface area contributed by atoms with Crippen LogP contribution in [-0.4, -0.2) is 65.4 Å². The van der Waals surface area contributed by atoms with E-state index >= 15 is 0 Å². The molecule has 0 atom stereocenters. The normalized spacial score (nSPS) is 16.8. The van der Waals surface area contributed by atoms with E-state index in [0.29, 0.717) is 42.3 Å². The van der Waals surface area contributed by atoms with Gasteiger partial charge >= 0.3 is 0 Å². The summed E-state index contributed by atoms with van der Waals surface area (Å²) in [5.74, 6) is 0.379. The number of aliphatic hydroxyl groups excluding tert-OH is 1. The molecule has 1 aliphatic rings. The average molecular weight is 648 g/mol. The van der Waals surface area contributed by atoms with Crippen LogP contribution in [0.1, 0.15) is 88.0 Å². The Hall–Kier alpha value is -4.03. The zero-order chi connectivity index (χ0) is 32.7. The molecule has 0 bridgehead atoms. The first-order valence-corrected chi connectivity index (χ1v) is 17.8. The Bertz CT molecular complexity index is 1710. The number of hydrogen-bond acceptors (Lipinski definition) is 8. The van der Waals surface area contributed by atoms with Crippen molar-refractivity contribution in [3.63, 3.8) is 0 Å². The number of carbonyl (C=O) groups is 1. The first-order chi connectivity index (χ1) is 22.2. The number of aromatic nitrogens is 4. The molecular formula is C34H45N7O4S. The minimum absolute atomic E-state index is 0.102. The number of aliphatic hydroxyl groups is 1. The summed E-state index contributed by atoms with van der Waals surface area (Å²) in [7, 11) is -2.37. The van der Waals surface area contributed by atoms with E-state index in [4.69, 9.17) is 10.1 Å². The number of nitrogens with zero attached hydrogens (tertiary/aromatic N) is 5. The van der Waals surface area contributed by atoms with Crippen LogP contribution in [0.3, 0.4) is 0 Å². The van der Waals surface area contributed by atoms with Crippen LogP contribution in [0.25, 0.3) is 22.3 Å². The Morgan fingerprint density at radius 3 is 2.33 bits per heavy atom. The first-order valence-electron chi connectivity index (χ1n) is 16.4. The Balaban J connectivity index is 1.37. The Labute approximate surface area is 271 Å². The molecule has 46 heavy (non-hydrogen) atoms. The zero-order valence-electron chi connectivity index (χ0n) is 26.9. The maximum absolute atomic E-state index is 13.6. The molecule has 11 nitrogen and oxygen atoms in total. The van der Waals surface area contributed by atoms with Gasteiger partial charge in [-0.05, 0) is 74.9 Å². The minimum atomic E-state index is -3.87. The number of hydrogen-bond donors (Lipinski definition) is 3. The molecule has 5 rings (SSSR count). The van der Waals surface area contributed by atoms with Crippen molar-refractivity contribution in [3.8, 4) is 11.3 Å². The fraction of sp³-hybridized carbons (Fsp3) is 0.471. The summed E-state index contributed by atoms with van der Waals surface area (Å²) in [4.78, 5) is 22.0. The van der Waals surface area contributed by atoms with Crippen molar-refractivity contribution in [2.75, 3.05) is 29.8 Å². The van der Waals surface area contributed by atoms with Gasteiger partial charge in [0.15, 0.2) is 5.65 Å². The van der Waals surface area contributed by atoms with E-state index in [2.05, 4.69) is 29.5 Å². The molecule has 0 spiro atoms. The van der Waals surface area contributed by atoms with E-state index in [9.17, 15) is 18.3 Å². The monoisotopic (exact) mass is 647 g/mol. The van der Waals surface area contributed by atoms with Crippen LogP contribution in [0.2, 0.25) is 0 Å². The summed E-state index contributed by atoms with van der Waals surface area (Å²) >= 11 is 0. The molecule has 1 fully saturated rings. The standard InChI is InChI=1S/C34H45N7O4S/c1-4-6-8-22-35-33(43)25-9-13-26(14-10-25)40(3)46(44,45)29-19-11-24(12-20-29)31-30-23-37-34(36-21-7-5-2)38-32(30)41(39-31)27-15-17-28(42)18-16-27/h9-14,19-20,23,27-28,42H,4-8,15-18,21-22H2,1-3H3,(H,35,43)(H,36,37,38)/t27-,28+. The third-order valence-electron chi connectivity index (χ3n) is 8.62. The van der Waals surface area contributed by atoms with E-state index in [1.54, 1.807) is 54.7 Å². The van der Waals surface area contributed by atoms with Gasteiger partial charge in [0, 0.05) is 37.5 Å². The van der Waals surface area contributed by atoms with Gasteiger partial charge in [0.2, 0.25) is 5.95 Å². The largest absolute Gasteiger partial charge is 0.393 e. The number of nitrogens with one attached hydrogen (secondary N) is 2. The first kappa shape index (κ1) is 33.3. The number of unbranched alkanes of at least 4 members (excludes halogenated alkanes) is 3. The van der Waals surface area contributed by atoms with Crippen molar-refractivity contribution >= 4 is 38.6 Å². The van der Waals surface area contributed by atoms with Crippen LogP contribution in [0.15, 0.2) is 59.6 Å². The number of rotatable bonds is 14. The molecule has 246 valence electrons. The van der Waals surface area contributed by atoms with E-state index < -0.39 is 10.0 Å². The molecule has 1 amide bonds. The molecule has 2 aromatic carbocycles. The molecule has 1 aliphatic carbocycles. The molecule has 0 aliphatic heterocycles. The fourth-order valence-electron chi connectivity index (χ4n) is 5.74. The quantitative estimate of drug-likeness (QED) is 0.143. The molecule has 0 unspecified atom stereocenters. The lowest BCUT2D eigenvalue weighted by atomic mass is 9.93. The smallest absolute Gasteiger partial charge is 0.264 e. The predicted octanol–water partition coefficient (Wildman–Crippen LogP) is 5.93. The van der Waals surface area contributed by atoms with Crippen LogP contribution in [0.4, 0.5) is 11.6 Å². The molecule has 3 N–H and O–H groups in total. The van der Waals surface area contributed by atoms with Gasteiger partial charge in [-0.1, -0.05) is 45.2 Å². The van der Waals surface area contributed by atoms with Crippen molar-refractivity contribution in [3.05, 3.63) is 60.3 Å². The maximum atomic E-state index is 13.6. The molecule has 0 saturated heterocycles. The third-order valence-corrected chi connectivity index (χ3v) is 10.4. The Kier molecular flexibility index (Phi) is 10.9. The summed E-state index contributed by atoms with van der Waals surface area (Å²) in [6, 6.07) is 13.4. The van der Waals surface area contributed by atoms with Gasteiger partial charge in [0.25, 0.3) is 15.9 Å². The van der Waals surface area contributed by atoms with Crippen LogP contribution >= 0.6 is 0 Å². The van der Waals surface area contributed by atoms with Crippen LogP contribution < -0.4 is 14.9 Å². The van der Waals surface area contributed by atoms with E-state index in [1.807, 2.05) is 4.68 Å².